The highest BCUT2D eigenvalue weighted by molar-refractivity contribution is 6.30. The highest BCUT2D eigenvalue weighted by Crippen LogP contribution is 2.27. The van der Waals surface area contributed by atoms with Gasteiger partial charge in [0.15, 0.2) is 0 Å². The zero-order valence-electron chi connectivity index (χ0n) is 10.1. The van der Waals surface area contributed by atoms with E-state index < -0.39 is 0 Å². The molecule has 17 heavy (non-hydrogen) atoms. The standard InChI is InChI=1S/C14H16ClNO/c1-11-14(15)8-13(9-16(11)2)17-10-12-6-4-3-5-7-12/h3-7,9H,8,10H2,1-2H3. The van der Waals surface area contributed by atoms with Crippen molar-refractivity contribution in [1.82, 2.24) is 4.90 Å². The van der Waals surface area contributed by atoms with Gasteiger partial charge in [-0.2, -0.15) is 0 Å². The summed E-state index contributed by atoms with van der Waals surface area (Å²) in [5.74, 6) is 0.909. The van der Waals surface area contributed by atoms with Gasteiger partial charge in [0.1, 0.15) is 12.4 Å². The van der Waals surface area contributed by atoms with Crippen LogP contribution in [0.4, 0.5) is 0 Å². The maximum absolute atomic E-state index is 6.16. The average Bonchev–Trinajstić information content (AvgIpc) is 2.34. The molecule has 1 heterocycles. The van der Waals surface area contributed by atoms with Crippen LogP contribution in [0.1, 0.15) is 18.9 Å². The van der Waals surface area contributed by atoms with Crippen molar-refractivity contribution in [1.29, 1.82) is 0 Å². The molecule has 0 spiro atoms. The molecule has 1 aliphatic rings. The number of allylic oxidation sites excluding steroid dienone is 2. The lowest BCUT2D eigenvalue weighted by atomic mass is 10.2. The Hall–Kier alpha value is -1.41. The molecule has 0 amide bonds. The van der Waals surface area contributed by atoms with Crippen molar-refractivity contribution < 1.29 is 4.74 Å². The first-order valence-corrected chi connectivity index (χ1v) is 6.00. The Bertz CT molecular complexity index is 451. The summed E-state index contributed by atoms with van der Waals surface area (Å²) in [7, 11) is 1.97. The highest BCUT2D eigenvalue weighted by atomic mass is 35.5. The Balaban J connectivity index is 1.96. The van der Waals surface area contributed by atoms with Gasteiger partial charge in [0.2, 0.25) is 0 Å². The molecule has 1 aromatic carbocycles. The molecular formula is C14H16ClNO. The average molecular weight is 250 g/mol. The molecule has 0 fully saturated rings. The fraction of sp³-hybridized carbons (Fsp3) is 0.286. The summed E-state index contributed by atoms with van der Waals surface area (Å²) >= 11 is 6.16. The molecule has 0 atom stereocenters. The van der Waals surface area contributed by atoms with Crippen LogP contribution >= 0.6 is 11.6 Å². The molecule has 0 bridgehead atoms. The molecule has 90 valence electrons. The Labute approximate surface area is 107 Å². The molecule has 2 rings (SSSR count). The van der Waals surface area contributed by atoms with Gasteiger partial charge in [-0.15, -0.1) is 0 Å². The predicted octanol–water partition coefficient (Wildman–Crippen LogP) is 3.85. The van der Waals surface area contributed by atoms with Crippen LogP contribution in [-0.2, 0) is 11.3 Å². The van der Waals surface area contributed by atoms with Gasteiger partial charge < -0.3 is 9.64 Å². The first-order valence-electron chi connectivity index (χ1n) is 5.62. The van der Waals surface area contributed by atoms with Crippen LogP contribution in [0.25, 0.3) is 0 Å². The normalized spacial score (nSPS) is 15.9. The van der Waals surface area contributed by atoms with Crippen molar-refractivity contribution in [3.05, 3.63) is 58.6 Å². The van der Waals surface area contributed by atoms with Crippen molar-refractivity contribution >= 4 is 11.6 Å². The summed E-state index contributed by atoms with van der Waals surface area (Å²) in [6, 6.07) is 10.1. The number of rotatable bonds is 3. The minimum Gasteiger partial charge on any atom is -0.491 e. The van der Waals surface area contributed by atoms with E-state index in [-0.39, 0.29) is 0 Å². The molecule has 0 saturated heterocycles. The van der Waals surface area contributed by atoms with Gasteiger partial charge in [-0.1, -0.05) is 41.9 Å². The smallest absolute Gasteiger partial charge is 0.118 e. The van der Waals surface area contributed by atoms with Crippen molar-refractivity contribution in [2.75, 3.05) is 7.05 Å². The van der Waals surface area contributed by atoms with Crippen molar-refractivity contribution in [3.8, 4) is 0 Å². The summed E-state index contributed by atoms with van der Waals surface area (Å²) in [5, 5.41) is 0.845. The maximum Gasteiger partial charge on any atom is 0.118 e. The van der Waals surface area contributed by atoms with E-state index in [0.29, 0.717) is 13.0 Å². The minimum atomic E-state index is 0.587. The molecular weight excluding hydrogens is 234 g/mol. The number of halogens is 1. The van der Waals surface area contributed by atoms with E-state index in [1.54, 1.807) is 0 Å². The van der Waals surface area contributed by atoms with E-state index in [4.69, 9.17) is 16.3 Å². The molecule has 0 radical (unpaired) electrons. The third-order valence-corrected chi connectivity index (χ3v) is 3.26. The maximum atomic E-state index is 6.16. The molecule has 3 heteroatoms. The molecule has 0 aliphatic carbocycles. The molecule has 0 unspecified atom stereocenters. The van der Waals surface area contributed by atoms with Crippen LogP contribution in [0.3, 0.4) is 0 Å². The first kappa shape index (κ1) is 12.1. The summed E-state index contributed by atoms with van der Waals surface area (Å²) in [4.78, 5) is 1.99. The van der Waals surface area contributed by atoms with E-state index in [1.165, 1.54) is 5.56 Å². The van der Waals surface area contributed by atoms with Gasteiger partial charge >= 0.3 is 0 Å². The molecule has 1 aliphatic heterocycles. The number of hydrogen-bond donors (Lipinski definition) is 0. The quantitative estimate of drug-likeness (QED) is 0.807. The van der Waals surface area contributed by atoms with Crippen molar-refractivity contribution in [2.45, 2.75) is 20.0 Å². The number of benzene rings is 1. The topological polar surface area (TPSA) is 12.5 Å². The van der Waals surface area contributed by atoms with Gasteiger partial charge in [0.05, 0.1) is 0 Å². The number of hydrogen-bond acceptors (Lipinski definition) is 2. The molecule has 2 nitrogen and oxygen atoms in total. The second kappa shape index (κ2) is 5.28. The van der Waals surface area contributed by atoms with E-state index in [2.05, 4.69) is 12.1 Å². The van der Waals surface area contributed by atoms with Crippen LogP contribution in [0, 0.1) is 0 Å². The highest BCUT2D eigenvalue weighted by Gasteiger charge is 2.14. The Morgan fingerprint density at radius 1 is 1.29 bits per heavy atom. The summed E-state index contributed by atoms with van der Waals surface area (Å²) in [6.45, 7) is 2.59. The zero-order valence-corrected chi connectivity index (χ0v) is 10.9. The van der Waals surface area contributed by atoms with E-state index in [0.717, 1.165) is 16.5 Å². The van der Waals surface area contributed by atoms with Crippen LogP contribution in [0.2, 0.25) is 0 Å². The Morgan fingerprint density at radius 2 is 2.00 bits per heavy atom. The van der Waals surface area contributed by atoms with Gasteiger partial charge in [-0.25, -0.2) is 0 Å². The van der Waals surface area contributed by atoms with Crippen molar-refractivity contribution in [2.24, 2.45) is 0 Å². The summed E-state index contributed by atoms with van der Waals surface area (Å²) < 4.78 is 5.76. The van der Waals surface area contributed by atoms with Gasteiger partial charge in [0, 0.05) is 30.4 Å². The lowest BCUT2D eigenvalue weighted by molar-refractivity contribution is 0.185. The Morgan fingerprint density at radius 3 is 2.65 bits per heavy atom. The number of ether oxygens (including phenoxy) is 1. The van der Waals surface area contributed by atoms with E-state index in [9.17, 15) is 0 Å². The second-order valence-electron chi connectivity index (χ2n) is 4.15. The second-order valence-corrected chi connectivity index (χ2v) is 4.60. The van der Waals surface area contributed by atoms with Crippen molar-refractivity contribution in [3.63, 3.8) is 0 Å². The van der Waals surface area contributed by atoms with Crippen LogP contribution < -0.4 is 0 Å². The largest absolute Gasteiger partial charge is 0.491 e. The predicted molar refractivity (Wildman–Crippen MR) is 70.2 cm³/mol. The fourth-order valence-electron chi connectivity index (χ4n) is 1.67. The van der Waals surface area contributed by atoms with E-state index >= 15 is 0 Å². The molecule has 0 aromatic heterocycles. The van der Waals surface area contributed by atoms with E-state index in [1.807, 2.05) is 43.3 Å². The van der Waals surface area contributed by atoms with Gasteiger partial charge in [0.25, 0.3) is 0 Å². The van der Waals surface area contributed by atoms with Crippen LogP contribution in [0.15, 0.2) is 53.0 Å². The molecule has 0 N–H and O–H groups in total. The van der Waals surface area contributed by atoms with Gasteiger partial charge in [-0.3, -0.25) is 0 Å². The third kappa shape index (κ3) is 3.04. The van der Waals surface area contributed by atoms with Crippen LogP contribution in [0.5, 0.6) is 0 Å². The molecule has 1 aromatic rings. The minimum absolute atomic E-state index is 0.587. The fourth-order valence-corrected chi connectivity index (χ4v) is 1.93. The Kier molecular flexibility index (Phi) is 3.75. The number of nitrogens with zero attached hydrogens (tertiary/aromatic N) is 1. The first-order chi connectivity index (χ1) is 8.16. The summed E-state index contributed by atoms with van der Waals surface area (Å²) in [5.41, 5.74) is 2.25. The van der Waals surface area contributed by atoms with Crippen LogP contribution in [-0.4, -0.2) is 11.9 Å². The third-order valence-electron chi connectivity index (χ3n) is 2.86. The SMILES string of the molecule is CC1=C(Cl)CC(OCc2ccccc2)=CN1C. The molecule has 0 saturated carbocycles. The summed E-state index contributed by atoms with van der Waals surface area (Å²) in [6.07, 6.45) is 2.68. The lowest BCUT2D eigenvalue weighted by Gasteiger charge is -2.24. The van der Waals surface area contributed by atoms with Gasteiger partial charge in [-0.05, 0) is 12.5 Å². The lowest BCUT2D eigenvalue weighted by Crippen LogP contribution is -2.15. The monoisotopic (exact) mass is 249 g/mol. The zero-order chi connectivity index (χ0) is 12.3.